The van der Waals surface area contributed by atoms with Crippen molar-refractivity contribution in [2.45, 2.75) is 43.5 Å². The zero-order chi connectivity index (χ0) is 23.1. The van der Waals surface area contributed by atoms with E-state index < -0.39 is 39.3 Å². The number of rotatable bonds is 5. The van der Waals surface area contributed by atoms with Crippen molar-refractivity contribution in [1.29, 1.82) is 0 Å². The molecule has 4 amide bonds. The maximum Gasteiger partial charge on any atom is 0.344 e. The van der Waals surface area contributed by atoms with Gasteiger partial charge in [0, 0.05) is 25.1 Å². The zero-order valence-corrected chi connectivity index (χ0v) is 18.7. The summed E-state index contributed by atoms with van der Waals surface area (Å²) in [4.78, 5) is 37.3. The van der Waals surface area contributed by atoms with Gasteiger partial charge < -0.3 is 14.8 Å². The largest absolute Gasteiger partial charge is 0.486 e. The molecule has 0 unspecified atom stereocenters. The summed E-state index contributed by atoms with van der Waals surface area (Å²) >= 11 is 0. The van der Waals surface area contributed by atoms with Gasteiger partial charge in [0.25, 0.3) is 5.91 Å². The van der Waals surface area contributed by atoms with Gasteiger partial charge >= 0.3 is 6.03 Å². The van der Waals surface area contributed by atoms with Crippen molar-refractivity contribution < 1.29 is 32.3 Å². The molecule has 0 saturated carbocycles. The van der Waals surface area contributed by atoms with E-state index in [1.807, 2.05) is 0 Å². The van der Waals surface area contributed by atoms with E-state index in [4.69, 9.17) is 9.47 Å². The van der Waals surface area contributed by atoms with Gasteiger partial charge in [-0.1, -0.05) is 6.92 Å². The first-order valence-electron chi connectivity index (χ1n) is 10.5. The van der Waals surface area contributed by atoms with Crippen LogP contribution in [0.4, 0.5) is 4.79 Å². The van der Waals surface area contributed by atoms with Gasteiger partial charge in [0.05, 0.1) is 4.90 Å². The number of carbonyl (C=O) groups excluding carboxylic acids is 3. The lowest BCUT2D eigenvalue weighted by Crippen LogP contribution is -2.51. The fourth-order valence-electron chi connectivity index (χ4n) is 3.92. The van der Waals surface area contributed by atoms with E-state index in [2.05, 4.69) is 10.7 Å². The Bertz CT molecular complexity index is 1050. The molecule has 2 fully saturated rings. The van der Waals surface area contributed by atoms with Crippen LogP contribution in [0.15, 0.2) is 23.1 Å². The van der Waals surface area contributed by atoms with Crippen LogP contribution < -0.4 is 20.2 Å². The minimum absolute atomic E-state index is 0.0998. The molecule has 1 aromatic carbocycles. The molecule has 0 bridgehead atoms. The van der Waals surface area contributed by atoms with Crippen LogP contribution in [0.3, 0.4) is 0 Å². The highest BCUT2D eigenvalue weighted by molar-refractivity contribution is 7.89. The molecule has 2 N–H and O–H groups in total. The molecule has 0 aliphatic carbocycles. The highest BCUT2D eigenvalue weighted by Gasteiger charge is 2.48. The molecule has 3 heterocycles. The summed E-state index contributed by atoms with van der Waals surface area (Å²) in [6, 6.07) is 3.82. The van der Waals surface area contributed by atoms with E-state index in [-0.39, 0.29) is 30.8 Å². The van der Waals surface area contributed by atoms with E-state index in [9.17, 15) is 22.8 Å². The van der Waals surface area contributed by atoms with Crippen LogP contribution in [0.25, 0.3) is 0 Å². The first-order chi connectivity index (χ1) is 15.2. The summed E-state index contributed by atoms with van der Waals surface area (Å²) in [7, 11) is -3.77. The summed E-state index contributed by atoms with van der Waals surface area (Å²) < 4.78 is 38.3. The van der Waals surface area contributed by atoms with Crippen LogP contribution in [0.1, 0.15) is 33.1 Å². The summed E-state index contributed by atoms with van der Waals surface area (Å²) in [5.74, 6) is -0.623. The minimum Gasteiger partial charge on any atom is -0.486 e. The number of hydrazine groups is 1. The third-order valence-electron chi connectivity index (χ3n) is 6.17. The molecule has 3 aliphatic heterocycles. The molecule has 2 saturated heterocycles. The number of sulfonamides is 1. The lowest BCUT2D eigenvalue weighted by molar-refractivity contribution is -0.140. The second kappa shape index (κ2) is 8.24. The van der Waals surface area contributed by atoms with Gasteiger partial charge in [-0.15, -0.1) is 0 Å². The number of benzene rings is 1. The number of fused-ring (bicyclic) bond motifs is 1. The van der Waals surface area contributed by atoms with Crippen molar-refractivity contribution in [3.05, 3.63) is 18.2 Å². The standard InChI is InChI=1S/C20H26N4O7S/c1-3-20(2)18(26)24(19(27)21-20)22-17(25)13-6-8-23(9-7-13)32(28,29)14-4-5-15-16(12-14)31-11-10-30-15/h4-5,12-13H,3,6-11H2,1-2H3,(H,21,27)(H,22,25)/t20-/m0/s1. The van der Waals surface area contributed by atoms with E-state index >= 15 is 0 Å². The van der Waals surface area contributed by atoms with E-state index in [0.29, 0.717) is 36.1 Å². The Kier molecular flexibility index (Phi) is 5.76. The average molecular weight is 467 g/mol. The van der Waals surface area contributed by atoms with Crippen LogP contribution in [0.2, 0.25) is 0 Å². The Morgan fingerprint density at radius 3 is 2.47 bits per heavy atom. The smallest absolute Gasteiger partial charge is 0.344 e. The van der Waals surface area contributed by atoms with Crippen LogP contribution in [0.5, 0.6) is 11.5 Å². The van der Waals surface area contributed by atoms with Gasteiger partial charge in [0.2, 0.25) is 15.9 Å². The number of urea groups is 1. The predicted molar refractivity (Wildman–Crippen MR) is 111 cm³/mol. The SMILES string of the molecule is CC[C@]1(C)NC(=O)N(NC(=O)C2CCN(S(=O)(=O)c3ccc4c(c3)OCCO4)CC2)C1=O. The fourth-order valence-corrected chi connectivity index (χ4v) is 5.40. The normalized spacial score (nSPS) is 24.4. The van der Waals surface area contributed by atoms with Gasteiger partial charge in [-0.2, -0.15) is 9.31 Å². The van der Waals surface area contributed by atoms with E-state index in [1.54, 1.807) is 19.9 Å². The maximum absolute atomic E-state index is 13.0. The summed E-state index contributed by atoms with van der Waals surface area (Å²) in [5.41, 5.74) is 1.34. The topological polar surface area (TPSA) is 134 Å². The number of carbonyl (C=O) groups is 3. The molecule has 0 spiro atoms. The number of amides is 4. The lowest BCUT2D eigenvalue weighted by atomic mass is 9.97. The molecule has 1 atom stereocenters. The van der Waals surface area contributed by atoms with Gasteiger partial charge in [-0.3, -0.25) is 15.0 Å². The van der Waals surface area contributed by atoms with Gasteiger partial charge in [0.15, 0.2) is 11.5 Å². The molecule has 32 heavy (non-hydrogen) atoms. The highest BCUT2D eigenvalue weighted by Crippen LogP contribution is 2.34. The third kappa shape index (κ3) is 3.88. The van der Waals surface area contributed by atoms with Crippen molar-refractivity contribution in [1.82, 2.24) is 20.1 Å². The van der Waals surface area contributed by atoms with Crippen molar-refractivity contribution in [3.63, 3.8) is 0 Å². The molecule has 0 radical (unpaired) electrons. The van der Waals surface area contributed by atoms with Crippen molar-refractivity contribution in [2.75, 3.05) is 26.3 Å². The number of hydrogen-bond acceptors (Lipinski definition) is 7. The number of imide groups is 1. The Morgan fingerprint density at radius 1 is 1.19 bits per heavy atom. The first kappa shape index (κ1) is 22.3. The van der Waals surface area contributed by atoms with Crippen LogP contribution in [-0.2, 0) is 19.6 Å². The van der Waals surface area contributed by atoms with Crippen molar-refractivity contribution in [2.24, 2.45) is 5.92 Å². The number of ether oxygens (including phenoxy) is 2. The van der Waals surface area contributed by atoms with E-state index in [0.717, 1.165) is 0 Å². The van der Waals surface area contributed by atoms with Crippen LogP contribution in [0, 0.1) is 5.92 Å². The van der Waals surface area contributed by atoms with Crippen LogP contribution >= 0.6 is 0 Å². The Balaban J connectivity index is 1.38. The average Bonchev–Trinajstić information content (AvgIpc) is 3.02. The Labute approximate surface area is 186 Å². The quantitative estimate of drug-likeness (QED) is 0.607. The lowest BCUT2D eigenvalue weighted by Gasteiger charge is -2.31. The second-order valence-electron chi connectivity index (χ2n) is 8.22. The maximum atomic E-state index is 13.0. The van der Waals surface area contributed by atoms with Gasteiger partial charge in [0.1, 0.15) is 18.8 Å². The minimum atomic E-state index is -3.77. The Hall–Kier alpha value is -2.86. The number of nitrogens with one attached hydrogen (secondary N) is 2. The van der Waals surface area contributed by atoms with Gasteiger partial charge in [-0.05, 0) is 38.3 Å². The molecule has 3 aliphatic rings. The fraction of sp³-hybridized carbons (Fsp3) is 0.550. The summed E-state index contributed by atoms with van der Waals surface area (Å²) in [6.45, 7) is 4.41. The highest BCUT2D eigenvalue weighted by atomic mass is 32.2. The van der Waals surface area contributed by atoms with Crippen LogP contribution in [-0.4, -0.2) is 67.4 Å². The number of hydrogen-bond donors (Lipinski definition) is 2. The number of nitrogens with zero attached hydrogens (tertiary/aromatic N) is 2. The summed E-state index contributed by atoms with van der Waals surface area (Å²) in [6.07, 6.45) is 0.925. The molecular formula is C20H26N4O7S. The first-order valence-corrected chi connectivity index (χ1v) is 12.0. The molecule has 4 rings (SSSR count). The molecule has 1 aromatic rings. The third-order valence-corrected chi connectivity index (χ3v) is 8.06. The molecule has 12 heteroatoms. The van der Waals surface area contributed by atoms with Crippen molar-refractivity contribution in [3.8, 4) is 11.5 Å². The predicted octanol–water partition coefficient (Wildman–Crippen LogP) is 0.610. The Morgan fingerprint density at radius 2 is 1.84 bits per heavy atom. The van der Waals surface area contributed by atoms with Gasteiger partial charge in [-0.25, -0.2) is 13.2 Å². The summed E-state index contributed by atoms with van der Waals surface area (Å²) in [5, 5.41) is 3.28. The molecule has 174 valence electrons. The van der Waals surface area contributed by atoms with E-state index in [1.165, 1.54) is 16.4 Å². The molecule has 0 aromatic heterocycles. The van der Waals surface area contributed by atoms with Crippen molar-refractivity contribution >= 4 is 27.9 Å². The zero-order valence-electron chi connectivity index (χ0n) is 17.9. The second-order valence-corrected chi connectivity index (χ2v) is 10.2. The number of piperidine rings is 1. The molecule has 11 nitrogen and oxygen atoms in total. The molecular weight excluding hydrogens is 440 g/mol. The monoisotopic (exact) mass is 466 g/mol.